The van der Waals surface area contributed by atoms with Crippen LogP contribution in [0.5, 0.6) is 0 Å². The Morgan fingerprint density at radius 3 is 2.27 bits per heavy atom. The predicted molar refractivity (Wildman–Crippen MR) is 60.6 cm³/mol. The molecule has 0 saturated carbocycles. The van der Waals surface area contributed by atoms with Crippen molar-refractivity contribution in [2.24, 2.45) is 0 Å². The van der Waals surface area contributed by atoms with Crippen LogP contribution < -0.4 is 0 Å². The molecular weight excluding hydrogens is 329 g/mol. The second-order valence-electron chi connectivity index (χ2n) is 2.70. The Morgan fingerprint density at radius 2 is 1.73 bits per heavy atom. The van der Waals surface area contributed by atoms with E-state index in [0.29, 0.717) is 20.7 Å². The maximum absolute atomic E-state index is 12.6. The molecule has 0 N–H and O–H groups in total. The highest BCUT2D eigenvalue weighted by Crippen LogP contribution is 2.19. The van der Waals surface area contributed by atoms with Crippen molar-refractivity contribution >= 4 is 31.9 Å². The van der Waals surface area contributed by atoms with Gasteiger partial charge in [-0.05, 0) is 44.0 Å². The lowest BCUT2D eigenvalue weighted by atomic mass is 10.3. The third-order valence-corrected chi connectivity index (χ3v) is 2.43. The molecule has 15 heavy (non-hydrogen) atoms. The highest BCUT2D eigenvalue weighted by atomic mass is 79.9. The van der Waals surface area contributed by atoms with Crippen LogP contribution in [0.1, 0.15) is 0 Å². The van der Waals surface area contributed by atoms with Gasteiger partial charge in [0.2, 0.25) is 0 Å². The molecule has 2 rings (SSSR count). The summed E-state index contributed by atoms with van der Waals surface area (Å²) in [5.74, 6) is 0.0593. The first-order valence-electron chi connectivity index (χ1n) is 3.97. The zero-order valence-electron chi connectivity index (χ0n) is 7.28. The minimum Gasteiger partial charge on any atom is -0.250 e. The van der Waals surface area contributed by atoms with Gasteiger partial charge in [-0.15, -0.1) is 0 Å². The molecule has 0 aliphatic rings. The molecule has 0 saturated heterocycles. The number of hydrogen-bond donors (Lipinski definition) is 0. The summed E-state index contributed by atoms with van der Waals surface area (Å²) in [4.78, 5) is 12.1. The van der Waals surface area contributed by atoms with Gasteiger partial charge in [-0.3, -0.25) is 0 Å². The van der Waals surface area contributed by atoms with Crippen LogP contribution in [0.2, 0.25) is 0 Å². The van der Waals surface area contributed by atoms with E-state index in [2.05, 4.69) is 46.8 Å². The first kappa shape index (κ1) is 10.6. The number of nitrogens with zero attached hydrogens (tertiary/aromatic N) is 3. The van der Waals surface area contributed by atoms with Gasteiger partial charge in [-0.1, -0.05) is 0 Å². The topological polar surface area (TPSA) is 38.7 Å². The van der Waals surface area contributed by atoms with E-state index >= 15 is 0 Å². The van der Waals surface area contributed by atoms with Crippen molar-refractivity contribution in [3.63, 3.8) is 0 Å². The number of halogens is 3. The molecule has 2 heterocycles. The van der Waals surface area contributed by atoms with Gasteiger partial charge in [0.25, 0.3) is 0 Å². The van der Waals surface area contributed by atoms with Gasteiger partial charge in [0.1, 0.15) is 20.7 Å². The number of aromatic nitrogens is 3. The number of rotatable bonds is 1. The summed E-state index contributed by atoms with van der Waals surface area (Å²) in [6, 6.07) is 4.57. The zero-order valence-corrected chi connectivity index (χ0v) is 10.5. The summed E-state index contributed by atoms with van der Waals surface area (Å²) in [7, 11) is 0. The van der Waals surface area contributed by atoms with Crippen LogP contribution in [0.15, 0.2) is 33.6 Å². The lowest BCUT2D eigenvalue weighted by Gasteiger charge is -2.00. The summed E-state index contributed by atoms with van der Waals surface area (Å²) in [5.41, 5.74) is 0.526. The first-order chi connectivity index (χ1) is 7.15. The van der Waals surface area contributed by atoms with Gasteiger partial charge in [-0.25, -0.2) is 19.3 Å². The second-order valence-corrected chi connectivity index (χ2v) is 4.32. The molecule has 0 radical (unpaired) electrons. The molecule has 0 amide bonds. The minimum atomic E-state index is -0.382. The highest BCUT2D eigenvalue weighted by Gasteiger charge is 2.05. The molecular formula is C9H4Br2FN3. The largest absolute Gasteiger partial charge is 0.250 e. The Labute approximate surface area is 102 Å². The van der Waals surface area contributed by atoms with Crippen LogP contribution in [0.25, 0.3) is 11.5 Å². The molecule has 2 aromatic rings. The Balaban J connectivity index is 2.49. The van der Waals surface area contributed by atoms with Crippen molar-refractivity contribution in [3.8, 4) is 11.5 Å². The van der Waals surface area contributed by atoms with E-state index in [1.165, 1.54) is 12.1 Å². The van der Waals surface area contributed by atoms with E-state index in [4.69, 9.17) is 0 Å². The summed E-state index contributed by atoms with van der Waals surface area (Å²) in [5, 5.41) is 0. The maximum atomic E-state index is 12.6. The molecule has 0 aromatic carbocycles. The van der Waals surface area contributed by atoms with Gasteiger partial charge in [0, 0.05) is 6.07 Å². The quantitative estimate of drug-likeness (QED) is 0.753. The fourth-order valence-corrected chi connectivity index (χ4v) is 2.09. The summed E-state index contributed by atoms with van der Waals surface area (Å²) in [6.45, 7) is 0. The molecule has 76 valence electrons. The van der Waals surface area contributed by atoms with Crippen LogP contribution in [0.4, 0.5) is 4.39 Å². The molecule has 0 aliphatic carbocycles. The second kappa shape index (κ2) is 4.32. The van der Waals surface area contributed by atoms with E-state index in [1.54, 1.807) is 6.07 Å². The number of pyridine rings is 1. The average Bonchev–Trinajstić information content (AvgIpc) is 2.17. The normalized spacial score (nSPS) is 10.3. The lowest BCUT2D eigenvalue weighted by Crippen LogP contribution is -1.93. The van der Waals surface area contributed by atoms with Crippen molar-refractivity contribution in [3.05, 3.63) is 39.4 Å². The van der Waals surface area contributed by atoms with Crippen LogP contribution in [-0.2, 0) is 0 Å². The van der Waals surface area contributed by atoms with E-state index < -0.39 is 0 Å². The Bertz CT molecular complexity index is 467. The first-order valence-corrected chi connectivity index (χ1v) is 5.56. The van der Waals surface area contributed by atoms with Crippen molar-refractivity contribution in [2.45, 2.75) is 0 Å². The van der Waals surface area contributed by atoms with E-state index in [0.717, 1.165) is 6.20 Å². The monoisotopic (exact) mass is 331 g/mol. The summed E-state index contributed by atoms with van der Waals surface area (Å²) < 4.78 is 13.9. The Hall–Kier alpha value is -0.880. The summed E-state index contributed by atoms with van der Waals surface area (Å²) in [6.07, 6.45) is 1.13. The molecule has 0 spiro atoms. The van der Waals surface area contributed by atoms with Crippen LogP contribution in [-0.4, -0.2) is 15.0 Å². The fraction of sp³-hybridized carbons (Fsp3) is 0. The average molecular weight is 333 g/mol. The van der Waals surface area contributed by atoms with Gasteiger partial charge in [-0.2, -0.15) is 0 Å². The fourth-order valence-electron chi connectivity index (χ4n) is 1.01. The lowest BCUT2D eigenvalue weighted by molar-refractivity contribution is 0.621. The van der Waals surface area contributed by atoms with Crippen molar-refractivity contribution in [1.29, 1.82) is 0 Å². The minimum absolute atomic E-state index is 0.382. The van der Waals surface area contributed by atoms with Crippen molar-refractivity contribution < 1.29 is 4.39 Å². The van der Waals surface area contributed by atoms with E-state index in [-0.39, 0.29) is 5.82 Å². The number of hydrogen-bond acceptors (Lipinski definition) is 3. The third-order valence-electron chi connectivity index (χ3n) is 1.62. The molecule has 3 nitrogen and oxygen atoms in total. The Kier molecular flexibility index (Phi) is 3.06. The molecule has 0 fully saturated rings. The SMILES string of the molecule is Fc1ccc(-c2nc(Br)cc(Br)n2)nc1. The summed E-state index contributed by atoms with van der Waals surface area (Å²) >= 11 is 6.48. The molecule has 2 aromatic heterocycles. The van der Waals surface area contributed by atoms with Gasteiger partial charge in [0.05, 0.1) is 6.20 Å². The van der Waals surface area contributed by atoms with Gasteiger partial charge >= 0.3 is 0 Å². The van der Waals surface area contributed by atoms with E-state index in [9.17, 15) is 4.39 Å². The van der Waals surface area contributed by atoms with Gasteiger partial charge < -0.3 is 0 Å². The molecule has 6 heteroatoms. The van der Waals surface area contributed by atoms with Crippen LogP contribution in [0, 0.1) is 5.82 Å². The highest BCUT2D eigenvalue weighted by molar-refractivity contribution is 9.11. The van der Waals surface area contributed by atoms with Crippen LogP contribution >= 0.6 is 31.9 Å². The Morgan fingerprint density at radius 1 is 1.07 bits per heavy atom. The zero-order chi connectivity index (χ0) is 10.8. The van der Waals surface area contributed by atoms with Crippen molar-refractivity contribution in [2.75, 3.05) is 0 Å². The smallest absolute Gasteiger partial charge is 0.180 e. The predicted octanol–water partition coefficient (Wildman–Crippen LogP) is 3.20. The third kappa shape index (κ3) is 2.57. The maximum Gasteiger partial charge on any atom is 0.180 e. The standard InChI is InChI=1S/C9H4Br2FN3/c10-7-3-8(11)15-9(14-7)6-2-1-5(12)4-13-6/h1-4H. The molecule has 0 unspecified atom stereocenters. The van der Waals surface area contributed by atoms with Crippen LogP contribution in [0.3, 0.4) is 0 Å². The van der Waals surface area contributed by atoms with E-state index in [1.807, 2.05) is 0 Å². The van der Waals surface area contributed by atoms with Crippen molar-refractivity contribution in [1.82, 2.24) is 15.0 Å². The molecule has 0 bridgehead atoms. The van der Waals surface area contributed by atoms with Gasteiger partial charge in [0.15, 0.2) is 5.82 Å². The molecule has 0 atom stereocenters. The molecule has 0 aliphatic heterocycles.